The van der Waals surface area contributed by atoms with Crippen LogP contribution in [0.1, 0.15) is 40.5 Å². The van der Waals surface area contributed by atoms with E-state index >= 15 is 0 Å². The highest BCUT2D eigenvalue weighted by Crippen LogP contribution is 2.30. The number of hydrogen-bond acceptors (Lipinski definition) is 4. The molecule has 1 atom stereocenters. The van der Waals surface area contributed by atoms with Crippen LogP contribution in [0.15, 0.2) is 69.2 Å². The summed E-state index contributed by atoms with van der Waals surface area (Å²) in [7, 11) is 0. The van der Waals surface area contributed by atoms with Gasteiger partial charge in [0.15, 0.2) is 5.58 Å². The first-order chi connectivity index (χ1) is 14.7. The molecule has 1 aliphatic carbocycles. The molecule has 0 bridgehead atoms. The average molecular weight is 419 g/mol. The Hall–Kier alpha value is -3.12. The minimum Gasteiger partial charge on any atom is -0.408 e. The number of nitrogens with one attached hydrogen (secondary N) is 1. The molecule has 0 aliphatic heterocycles. The van der Waals surface area contributed by atoms with Gasteiger partial charge in [-0.3, -0.25) is 9.36 Å². The Morgan fingerprint density at radius 1 is 1.07 bits per heavy atom. The van der Waals surface area contributed by atoms with Gasteiger partial charge in [-0.25, -0.2) is 4.79 Å². The maximum absolute atomic E-state index is 13.0. The largest absolute Gasteiger partial charge is 0.420 e. The second-order valence-corrected chi connectivity index (χ2v) is 8.65. The lowest BCUT2D eigenvalue weighted by molar-refractivity contribution is -0.122. The van der Waals surface area contributed by atoms with Crippen LogP contribution in [0.2, 0.25) is 0 Å². The molecule has 30 heavy (non-hydrogen) atoms. The summed E-state index contributed by atoms with van der Waals surface area (Å²) in [5.41, 5.74) is 4.99. The van der Waals surface area contributed by atoms with Crippen LogP contribution >= 0.6 is 11.3 Å². The summed E-state index contributed by atoms with van der Waals surface area (Å²) in [6.45, 7) is -0.0807. The lowest BCUT2D eigenvalue weighted by atomic mass is 9.89. The standard InChI is InChI=1S/C24H22N2O3S/c27-22(15-26-19-8-3-4-9-20(19)29-24(26)28)25-23(21-10-5-13-30-21)18-12-11-16-6-1-2-7-17(16)14-18/h3-5,8-14,23H,1-2,6-7,15H2,(H,25,27)/t23-/m0/s1. The second-order valence-electron chi connectivity index (χ2n) is 7.67. The van der Waals surface area contributed by atoms with E-state index in [1.165, 1.54) is 28.5 Å². The third kappa shape index (κ3) is 3.59. The highest BCUT2D eigenvalue weighted by atomic mass is 32.1. The van der Waals surface area contributed by atoms with Crippen molar-refractivity contribution in [1.29, 1.82) is 0 Å². The SMILES string of the molecule is O=C(Cn1c(=O)oc2ccccc21)N[C@@H](c1ccc2c(c1)CCCC2)c1cccs1. The van der Waals surface area contributed by atoms with Crippen molar-refractivity contribution in [3.63, 3.8) is 0 Å². The molecule has 152 valence electrons. The first-order valence-electron chi connectivity index (χ1n) is 10.2. The van der Waals surface area contributed by atoms with E-state index in [0.29, 0.717) is 11.1 Å². The lowest BCUT2D eigenvalue weighted by Gasteiger charge is -2.22. The number of fused-ring (bicyclic) bond motifs is 2. The van der Waals surface area contributed by atoms with Gasteiger partial charge in [-0.1, -0.05) is 36.4 Å². The fraction of sp³-hybridized carbons (Fsp3) is 0.250. The minimum absolute atomic E-state index is 0.0807. The van der Waals surface area contributed by atoms with E-state index in [4.69, 9.17) is 4.42 Å². The number of nitrogens with zero attached hydrogens (tertiary/aromatic N) is 1. The van der Waals surface area contributed by atoms with E-state index in [-0.39, 0.29) is 18.5 Å². The zero-order chi connectivity index (χ0) is 20.5. The average Bonchev–Trinajstić information content (AvgIpc) is 3.40. The van der Waals surface area contributed by atoms with Gasteiger partial charge < -0.3 is 9.73 Å². The molecule has 4 aromatic rings. The van der Waals surface area contributed by atoms with Crippen molar-refractivity contribution in [2.75, 3.05) is 0 Å². The van der Waals surface area contributed by atoms with Crippen molar-refractivity contribution < 1.29 is 9.21 Å². The van der Waals surface area contributed by atoms with Gasteiger partial charge in [0.2, 0.25) is 5.91 Å². The van der Waals surface area contributed by atoms with Crippen molar-refractivity contribution in [1.82, 2.24) is 9.88 Å². The molecule has 0 radical (unpaired) electrons. The zero-order valence-electron chi connectivity index (χ0n) is 16.5. The summed E-state index contributed by atoms with van der Waals surface area (Å²) in [6.07, 6.45) is 4.67. The number of benzene rings is 2. The van der Waals surface area contributed by atoms with Gasteiger partial charge in [0, 0.05) is 4.88 Å². The molecule has 0 saturated carbocycles. The molecule has 0 unspecified atom stereocenters. The highest BCUT2D eigenvalue weighted by Gasteiger charge is 2.21. The van der Waals surface area contributed by atoms with Gasteiger partial charge in [0.25, 0.3) is 0 Å². The molecule has 2 aromatic heterocycles. The fourth-order valence-electron chi connectivity index (χ4n) is 4.22. The molecule has 5 rings (SSSR count). The lowest BCUT2D eigenvalue weighted by Crippen LogP contribution is -2.34. The van der Waals surface area contributed by atoms with Crippen LogP contribution in [0.5, 0.6) is 0 Å². The molecule has 1 aliphatic rings. The van der Waals surface area contributed by atoms with Gasteiger partial charge >= 0.3 is 5.76 Å². The Morgan fingerprint density at radius 2 is 1.90 bits per heavy atom. The van der Waals surface area contributed by atoms with Gasteiger partial charge in [0.1, 0.15) is 6.54 Å². The van der Waals surface area contributed by atoms with Crippen LogP contribution in [0.3, 0.4) is 0 Å². The Balaban J connectivity index is 1.44. The van der Waals surface area contributed by atoms with E-state index in [2.05, 4.69) is 23.5 Å². The molecule has 5 nitrogen and oxygen atoms in total. The number of carbonyl (C=O) groups excluding carboxylic acids is 1. The fourth-order valence-corrected chi connectivity index (χ4v) is 5.02. The maximum atomic E-state index is 13.0. The predicted octanol–water partition coefficient (Wildman–Crippen LogP) is 4.44. The molecule has 1 amide bonds. The number of aryl methyl sites for hydroxylation is 2. The molecule has 2 aromatic carbocycles. The van der Waals surface area contributed by atoms with Crippen molar-refractivity contribution in [3.05, 3.63) is 92.1 Å². The van der Waals surface area contributed by atoms with Crippen LogP contribution in [0.4, 0.5) is 0 Å². The van der Waals surface area contributed by atoms with E-state index in [0.717, 1.165) is 23.3 Å². The van der Waals surface area contributed by atoms with Gasteiger partial charge in [0.05, 0.1) is 11.6 Å². The summed E-state index contributed by atoms with van der Waals surface area (Å²) in [5.74, 6) is -0.743. The molecule has 0 fully saturated rings. The number of amides is 1. The molecular formula is C24H22N2O3S. The normalized spacial score (nSPS) is 14.4. The molecule has 0 saturated heterocycles. The summed E-state index contributed by atoms with van der Waals surface area (Å²) in [4.78, 5) is 26.3. The molecular weight excluding hydrogens is 396 g/mol. The third-order valence-electron chi connectivity index (χ3n) is 5.71. The minimum atomic E-state index is -0.521. The number of thiophene rings is 1. The maximum Gasteiger partial charge on any atom is 0.420 e. The zero-order valence-corrected chi connectivity index (χ0v) is 17.3. The smallest absolute Gasteiger partial charge is 0.408 e. The van der Waals surface area contributed by atoms with Crippen LogP contribution in [-0.2, 0) is 24.2 Å². The van der Waals surface area contributed by atoms with Crippen LogP contribution in [-0.4, -0.2) is 10.5 Å². The summed E-state index contributed by atoms with van der Waals surface area (Å²) in [6, 6.07) is 17.5. The van der Waals surface area contributed by atoms with E-state index in [9.17, 15) is 9.59 Å². The summed E-state index contributed by atoms with van der Waals surface area (Å²) < 4.78 is 6.63. The Morgan fingerprint density at radius 3 is 2.73 bits per heavy atom. The van der Waals surface area contributed by atoms with Crippen LogP contribution in [0, 0.1) is 0 Å². The van der Waals surface area contributed by atoms with E-state index in [1.807, 2.05) is 23.6 Å². The first-order valence-corrected chi connectivity index (χ1v) is 11.1. The quantitative estimate of drug-likeness (QED) is 0.521. The number of carbonyl (C=O) groups is 1. The Bertz CT molecular complexity index is 1250. The third-order valence-corrected chi connectivity index (χ3v) is 6.65. The van der Waals surface area contributed by atoms with E-state index < -0.39 is 5.76 Å². The number of hydrogen-bond donors (Lipinski definition) is 1. The van der Waals surface area contributed by atoms with Crippen molar-refractivity contribution >= 4 is 28.3 Å². The number of aromatic nitrogens is 1. The molecule has 6 heteroatoms. The van der Waals surface area contributed by atoms with Gasteiger partial charge in [-0.05, 0) is 66.0 Å². The monoisotopic (exact) mass is 418 g/mol. The molecule has 1 N–H and O–H groups in total. The Labute approximate surface area is 178 Å². The predicted molar refractivity (Wildman–Crippen MR) is 118 cm³/mol. The highest BCUT2D eigenvalue weighted by molar-refractivity contribution is 7.10. The number of oxazole rings is 1. The van der Waals surface area contributed by atoms with Crippen molar-refractivity contribution in [2.24, 2.45) is 0 Å². The number of rotatable bonds is 5. The van der Waals surface area contributed by atoms with Gasteiger partial charge in [-0.15, -0.1) is 11.3 Å². The van der Waals surface area contributed by atoms with Crippen LogP contribution < -0.4 is 11.1 Å². The first kappa shape index (κ1) is 18.9. The van der Waals surface area contributed by atoms with E-state index in [1.54, 1.807) is 29.5 Å². The molecule has 0 spiro atoms. The summed E-state index contributed by atoms with van der Waals surface area (Å²) >= 11 is 1.62. The molecule has 2 heterocycles. The number of para-hydroxylation sites is 2. The topological polar surface area (TPSA) is 64.2 Å². The Kier molecular flexibility index (Phi) is 5.01. The van der Waals surface area contributed by atoms with Crippen LogP contribution in [0.25, 0.3) is 11.1 Å². The second kappa shape index (κ2) is 7.95. The van der Waals surface area contributed by atoms with Crippen molar-refractivity contribution in [3.8, 4) is 0 Å². The summed E-state index contributed by atoms with van der Waals surface area (Å²) in [5, 5.41) is 5.16. The van der Waals surface area contributed by atoms with Gasteiger partial charge in [-0.2, -0.15) is 0 Å². The van der Waals surface area contributed by atoms with Crippen molar-refractivity contribution in [2.45, 2.75) is 38.3 Å².